The lowest BCUT2D eigenvalue weighted by atomic mass is 9.99. The van der Waals surface area contributed by atoms with E-state index in [1.807, 2.05) is 0 Å². The van der Waals surface area contributed by atoms with Crippen molar-refractivity contribution < 1.29 is 9.18 Å². The van der Waals surface area contributed by atoms with Gasteiger partial charge in [-0.15, -0.1) is 0 Å². The van der Waals surface area contributed by atoms with Crippen LogP contribution in [0.2, 0.25) is 0 Å². The van der Waals surface area contributed by atoms with E-state index < -0.39 is 0 Å². The third-order valence-electron chi connectivity index (χ3n) is 2.73. The fraction of sp³-hybridized carbons (Fsp3) is 0.364. The molecule has 1 aromatic carbocycles. The summed E-state index contributed by atoms with van der Waals surface area (Å²) in [5.41, 5.74) is 2.17. The van der Waals surface area contributed by atoms with E-state index in [0.29, 0.717) is 6.42 Å². The largest absolute Gasteiger partial charge is 0.303 e. The summed E-state index contributed by atoms with van der Waals surface area (Å²) >= 11 is 3.35. The van der Waals surface area contributed by atoms with Crippen LogP contribution in [0.15, 0.2) is 16.6 Å². The summed E-state index contributed by atoms with van der Waals surface area (Å²) in [6.45, 7) is 0. The van der Waals surface area contributed by atoms with Crippen molar-refractivity contribution >= 4 is 22.2 Å². The van der Waals surface area contributed by atoms with Crippen LogP contribution < -0.4 is 0 Å². The quantitative estimate of drug-likeness (QED) is 0.743. The van der Waals surface area contributed by atoms with Gasteiger partial charge < -0.3 is 4.79 Å². The molecule has 0 aromatic heterocycles. The van der Waals surface area contributed by atoms with Gasteiger partial charge in [-0.05, 0) is 42.0 Å². The van der Waals surface area contributed by atoms with E-state index in [-0.39, 0.29) is 11.7 Å². The Bertz CT molecular complexity index is 376. The molecule has 0 bridgehead atoms. The van der Waals surface area contributed by atoms with E-state index in [4.69, 9.17) is 0 Å². The topological polar surface area (TPSA) is 17.1 Å². The molecule has 1 aliphatic rings. The highest BCUT2D eigenvalue weighted by Gasteiger charge is 2.25. The van der Waals surface area contributed by atoms with Crippen molar-refractivity contribution in [2.24, 2.45) is 0 Å². The summed E-state index contributed by atoms with van der Waals surface area (Å²) in [6.07, 6.45) is 3.31. The molecular weight excluding hydrogens is 247 g/mol. The fourth-order valence-corrected chi connectivity index (χ4v) is 2.93. The predicted octanol–water partition coefficient (Wildman–Crippen LogP) is 3.21. The van der Waals surface area contributed by atoms with Gasteiger partial charge in [0, 0.05) is 10.9 Å². The minimum Gasteiger partial charge on any atom is -0.303 e. The van der Waals surface area contributed by atoms with Gasteiger partial charge in [-0.25, -0.2) is 4.39 Å². The van der Waals surface area contributed by atoms with Gasteiger partial charge in [0.25, 0.3) is 0 Å². The number of hydrogen-bond donors (Lipinski definition) is 0. The minimum absolute atomic E-state index is 0.206. The summed E-state index contributed by atoms with van der Waals surface area (Å²) in [5.74, 6) is 0.0693. The number of carbonyl (C=O) groups excluding carboxylic acids is 1. The second-order valence-corrected chi connectivity index (χ2v) is 4.45. The maximum absolute atomic E-state index is 13.0. The zero-order chi connectivity index (χ0) is 10.1. The normalized spacial score (nSPS) is 19.4. The van der Waals surface area contributed by atoms with Crippen LogP contribution in [-0.2, 0) is 11.2 Å². The Hall–Kier alpha value is -0.700. The average Bonchev–Trinajstić information content (AvgIpc) is 2.49. The van der Waals surface area contributed by atoms with Crippen LogP contribution in [0, 0.1) is 5.82 Å². The van der Waals surface area contributed by atoms with Crippen LogP contribution in [0.4, 0.5) is 4.39 Å². The lowest BCUT2D eigenvalue weighted by Gasteiger charge is -2.09. The van der Waals surface area contributed by atoms with Crippen LogP contribution >= 0.6 is 15.9 Å². The van der Waals surface area contributed by atoms with Crippen LogP contribution in [0.1, 0.15) is 29.9 Å². The van der Waals surface area contributed by atoms with Crippen molar-refractivity contribution in [3.05, 3.63) is 33.5 Å². The van der Waals surface area contributed by atoms with Gasteiger partial charge in [0.15, 0.2) is 0 Å². The predicted molar refractivity (Wildman–Crippen MR) is 55.8 cm³/mol. The molecule has 1 aliphatic carbocycles. The number of aryl methyl sites for hydroxylation is 1. The Morgan fingerprint density at radius 2 is 2.36 bits per heavy atom. The first-order valence-electron chi connectivity index (χ1n) is 4.64. The number of hydrogen-bond acceptors (Lipinski definition) is 1. The summed E-state index contributed by atoms with van der Waals surface area (Å²) in [7, 11) is 0. The van der Waals surface area contributed by atoms with Crippen molar-refractivity contribution in [2.75, 3.05) is 0 Å². The molecule has 3 heteroatoms. The molecule has 0 fully saturated rings. The Kier molecular flexibility index (Phi) is 2.68. The molecule has 0 amide bonds. The molecule has 0 spiro atoms. The van der Waals surface area contributed by atoms with Crippen LogP contribution in [0.3, 0.4) is 0 Å². The van der Waals surface area contributed by atoms with Crippen molar-refractivity contribution in [1.82, 2.24) is 0 Å². The number of benzene rings is 1. The fourth-order valence-electron chi connectivity index (χ4n) is 2.13. The molecule has 0 saturated heterocycles. The molecule has 2 rings (SSSR count). The minimum atomic E-state index is -0.206. The SMILES string of the molecule is O=CCC1CCc2cc(F)cc(Br)c21. The molecule has 0 N–H and O–H groups in total. The van der Waals surface area contributed by atoms with Gasteiger partial charge in [-0.3, -0.25) is 0 Å². The highest BCUT2D eigenvalue weighted by Crippen LogP contribution is 2.40. The first kappa shape index (κ1) is 9.84. The number of halogens is 2. The summed E-state index contributed by atoms with van der Waals surface area (Å²) < 4.78 is 13.8. The van der Waals surface area contributed by atoms with Gasteiger partial charge in [-0.2, -0.15) is 0 Å². The van der Waals surface area contributed by atoms with Crippen molar-refractivity contribution in [1.29, 1.82) is 0 Å². The lowest BCUT2D eigenvalue weighted by molar-refractivity contribution is -0.108. The number of carbonyl (C=O) groups is 1. The number of rotatable bonds is 2. The van der Waals surface area contributed by atoms with Crippen LogP contribution in [0.5, 0.6) is 0 Å². The van der Waals surface area contributed by atoms with Gasteiger partial charge in [0.2, 0.25) is 0 Å². The highest BCUT2D eigenvalue weighted by atomic mass is 79.9. The van der Waals surface area contributed by atoms with Crippen molar-refractivity contribution in [2.45, 2.75) is 25.2 Å². The van der Waals surface area contributed by atoms with E-state index in [1.54, 1.807) is 6.07 Å². The Morgan fingerprint density at radius 3 is 3.07 bits per heavy atom. The molecule has 0 aliphatic heterocycles. The lowest BCUT2D eigenvalue weighted by Crippen LogP contribution is -1.96. The van der Waals surface area contributed by atoms with Crippen LogP contribution in [0.25, 0.3) is 0 Å². The number of aldehydes is 1. The second kappa shape index (κ2) is 3.81. The Balaban J connectivity index is 2.43. The molecule has 14 heavy (non-hydrogen) atoms. The monoisotopic (exact) mass is 256 g/mol. The average molecular weight is 257 g/mol. The Labute approximate surface area is 90.4 Å². The molecule has 0 radical (unpaired) electrons. The standard InChI is InChI=1S/C11H10BrFO/c12-10-6-9(13)5-8-2-1-7(3-4-14)11(8)10/h4-7H,1-3H2. The van der Waals surface area contributed by atoms with Gasteiger partial charge in [0.05, 0.1) is 0 Å². The van der Waals surface area contributed by atoms with Crippen LogP contribution in [-0.4, -0.2) is 6.29 Å². The third kappa shape index (κ3) is 1.61. The summed E-state index contributed by atoms with van der Waals surface area (Å²) in [6, 6.07) is 3.05. The van der Waals surface area contributed by atoms with E-state index in [9.17, 15) is 9.18 Å². The van der Waals surface area contributed by atoms with E-state index >= 15 is 0 Å². The zero-order valence-electron chi connectivity index (χ0n) is 7.59. The second-order valence-electron chi connectivity index (χ2n) is 3.60. The smallest absolute Gasteiger partial charge is 0.124 e. The van der Waals surface area contributed by atoms with Crippen molar-refractivity contribution in [3.8, 4) is 0 Å². The van der Waals surface area contributed by atoms with Gasteiger partial charge in [-0.1, -0.05) is 15.9 Å². The first-order chi connectivity index (χ1) is 6.72. The van der Waals surface area contributed by atoms with E-state index in [1.165, 1.54) is 6.07 Å². The van der Waals surface area contributed by atoms with Gasteiger partial charge in [0.1, 0.15) is 12.1 Å². The molecular formula is C11H10BrFO. The highest BCUT2D eigenvalue weighted by molar-refractivity contribution is 9.10. The Morgan fingerprint density at radius 1 is 1.57 bits per heavy atom. The maximum Gasteiger partial charge on any atom is 0.124 e. The van der Waals surface area contributed by atoms with Crippen molar-refractivity contribution in [3.63, 3.8) is 0 Å². The molecule has 0 saturated carbocycles. The number of fused-ring (bicyclic) bond motifs is 1. The summed E-state index contributed by atoms with van der Waals surface area (Å²) in [4.78, 5) is 10.5. The zero-order valence-corrected chi connectivity index (χ0v) is 9.18. The van der Waals surface area contributed by atoms with E-state index in [0.717, 1.165) is 34.7 Å². The molecule has 1 atom stereocenters. The van der Waals surface area contributed by atoms with E-state index in [2.05, 4.69) is 15.9 Å². The van der Waals surface area contributed by atoms with Gasteiger partial charge >= 0.3 is 0 Å². The summed E-state index contributed by atoms with van der Waals surface area (Å²) in [5, 5.41) is 0. The molecule has 1 nitrogen and oxygen atoms in total. The molecule has 0 heterocycles. The molecule has 1 aromatic rings. The molecule has 1 unspecified atom stereocenters. The third-order valence-corrected chi connectivity index (χ3v) is 3.39. The molecule has 74 valence electrons. The maximum atomic E-state index is 13.0. The first-order valence-corrected chi connectivity index (χ1v) is 5.43.